The van der Waals surface area contributed by atoms with Crippen LogP contribution in [0.15, 0.2) is 34.9 Å². The number of carbonyl (C=O) groups is 1. The van der Waals surface area contributed by atoms with Gasteiger partial charge in [-0.25, -0.2) is 0 Å². The molecule has 0 bridgehead atoms. The van der Waals surface area contributed by atoms with E-state index in [0.717, 1.165) is 31.2 Å². The van der Waals surface area contributed by atoms with Crippen molar-refractivity contribution in [2.75, 3.05) is 0 Å². The van der Waals surface area contributed by atoms with E-state index in [-0.39, 0.29) is 11.7 Å². The van der Waals surface area contributed by atoms with Gasteiger partial charge < -0.3 is 4.42 Å². The van der Waals surface area contributed by atoms with E-state index in [1.54, 1.807) is 6.26 Å². The normalized spacial score (nSPS) is 18.1. The van der Waals surface area contributed by atoms with Gasteiger partial charge in [-0.2, -0.15) is 0 Å². The molecule has 2 heteroatoms. The van der Waals surface area contributed by atoms with Gasteiger partial charge in [0, 0.05) is 11.5 Å². The molecule has 21 heavy (non-hydrogen) atoms. The SMILES string of the molecule is O=C(c1occ2c1-c1ccccc1CC2)C1CCCCC1. The number of Topliss-reactive ketones (excluding diaryl/α,β-unsaturated/α-hetero) is 1. The first-order valence-electron chi connectivity index (χ1n) is 8.07. The second-order valence-corrected chi connectivity index (χ2v) is 6.32. The van der Waals surface area contributed by atoms with Crippen molar-refractivity contribution in [3.8, 4) is 11.1 Å². The summed E-state index contributed by atoms with van der Waals surface area (Å²) in [6.45, 7) is 0. The molecule has 108 valence electrons. The smallest absolute Gasteiger partial charge is 0.201 e. The lowest BCUT2D eigenvalue weighted by Gasteiger charge is -2.21. The van der Waals surface area contributed by atoms with E-state index < -0.39 is 0 Å². The second-order valence-electron chi connectivity index (χ2n) is 6.32. The van der Waals surface area contributed by atoms with Crippen LogP contribution in [-0.4, -0.2) is 5.78 Å². The summed E-state index contributed by atoms with van der Waals surface area (Å²) in [4.78, 5) is 12.8. The number of carbonyl (C=O) groups excluding carboxylic acids is 1. The fourth-order valence-electron chi connectivity index (χ4n) is 3.86. The number of hydrogen-bond donors (Lipinski definition) is 0. The third kappa shape index (κ3) is 2.14. The molecular weight excluding hydrogens is 260 g/mol. The molecule has 0 spiro atoms. The number of benzene rings is 1. The minimum Gasteiger partial charge on any atom is -0.460 e. The van der Waals surface area contributed by atoms with Crippen LogP contribution in [0.4, 0.5) is 0 Å². The van der Waals surface area contributed by atoms with E-state index in [2.05, 4.69) is 24.3 Å². The van der Waals surface area contributed by atoms with Crippen molar-refractivity contribution in [2.24, 2.45) is 5.92 Å². The Bertz CT molecular complexity index is 675. The molecule has 1 saturated carbocycles. The maximum absolute atomic E-state index is 12.8. The molecular formula is C19H20O2. The zero-order valence-electron chi connectivity index (χ0n) is 12.2. The van der Waals surface area contributed by atoms with Crippen LogP contribution >= 0.6 is 0 Å². The van der Waals surface area contributed by atoms with Gasteiger partial charge in [0.05, 0.1) is 6.26 Å². The van der Waals surface area contributed by atoms with Crippen LogP contribution in [0.2, 0.25) is 0 Å². The van der Waals surface area contributed by atoms with E-state index in [1.807, 2.05) is 0 Å². The lowest BCUT2D eigenvalue weighted by atomic mass is 9.81. The van der Waals surface area contributed by atoms with Crippen molar-refractivity contribution in [2.45, 2.75) is 44.9 Å². The minimum absolute atomic E-state index is 0.170. The number of hydrogen-bond acceptors (Lipinski definition) is 2. The molecule has 2 aliphatic rings. The first-order valence-corrected chi connectivity index (χ1v) is 8.07. The molecule has 1 aromatic heterocycles. The lowest BCUT2D eigenvalue weighted by molar-refractivity contribution is 0.0861. The quantitative estimate of drug-likeness (QED) is 0.739. The molecule has 4 rings (SSSR count). The number of aryl methyl sites for hydroxylation is 2. The molecule has 1 heterocycles. The van der Waals surface area contributed by atoms with Gasteiger partial charge in [0.25, 0.3) is 0 Å². The Hall–Kier alpha value is -1.83. The van der Waals surface area contributed by atoms with E-state index in [9.17, 15) is 4.79 Å². The van der Waals surface area contributed by atoms with E-state index >= 15 is 0 Å². The summed E-state index contributed by atoms with van der Waals surface area (Å²) in [6.07, 6.45) is 9.50. The Morgan fingerprint density at radius 3 is 2.62 bits per heavy atom. The highest BCUT2D eigenvalue weighted by molar-refractivity contribution is 6.02. The molecule has 1 fully saturated rings. The van der Waals surface area contributed by atoms with Crippen LogP contribution < -0.4 is 0 Å². The summed E-state index contributed by atoms with van der Waals surface area (Å²) in [5, 5.41) is 0. The van der Waals surface area contributed by atoms with Crippen LogP contribution in [0.5, 0.6) is 0 Å². The molecule has 1 aromatic carbocycles. The summed E-state index contributed by atoms with van der Waals surface area (Å²) in [6, 6.07) is 8.42. The summed E-state index contributed by atoms with van der Waals surface area (Å²) < 4.78 is 5.74. The van der Waals surface area contributed by atoms with Crippen LogP contribution in [0.25, 0.3) is 11.1 Å². The predicted molar refractivity (Wildman–Crippen MR) is 82.5 cm³/mol. The van der Waals surface area contributed by atoms with Crippen LogP contribution in [0, 0.1) is 5.92 Å². The average Bonchev–Trinajstić information content (AvgIpc) is 2.99. The van der Waals surface area contributed by atoms with Gasteiger partial charge in [0.15, 0.2) is 5.76 Å². The number of ketones is 1. The highest BCUT2D eigenvalue weighted by Crippen LogP contribution is 2.39. The van der Waals surface area contributed by atoms with Crippen LogP contribution in [0.1, 0.15) is 53.8 Å². The number of furan rings is 1. The Morgan fingerprint density at radius 1 is 1.00 bits per heavy atom. The van der Waals surface area contributed by atoms with Crippen LogP contribution in [0.3, 0.4) is 0 Å². The molecule has 0 aliphatic heterocycles. The molecule has 0 saturated heterocycles. The summed E-state index contributed by atoms with van der Waals surface area (Å²) in [7, 11) is 0. The minimum atomic E-state index is 0.170. The largest absolute Gasteiger partial charge is 0.460 e. The highest BCUT2D eigenvalue weighted by Gasteiger charge is 2.30. The molecule has 0 N–H and O–H groups in total. The monoisotopic (exact) mass is 280 g/mol. The molecule has 2 aliphatic carbocycles. The van der Waals surface area contributed by atoms with Gasteiger partial charge in [0.2, 0.25) is 5.78 Å². The molecule has 2 nitrogen and oxygen atoms in total. The van der Waals surface area contributed by atoms with Crippen molar-refractivity contribution in [1.29, 1.82) is 0 Å². The molecule has 0 amide bonds. The predicted octanol–water partition coefficient (Wildman–Crippen LogP) is 4.81. The number of fused-ring (bicyclic) bond motifs is 3. The topological polar surface area (TPSA) is 30.2 Å². The van der Waals surface area contributed by atoms with Crippen molar-refractivity contribution in [1.82, 2.24) is 0 Å². The zero-order chi connectivity index (χ0) is 14.2. The van der Waals surface area contributed by atoms with E-state index in [4.69, 9.17) is 4.42 Å². The van der Waals surface area contributed by atoms with Crippen molar-refractivity contribution in [3.05, 3.63) is 47.4 Å². The molecule has 0 radical (unpaired) electrons. The summed E-state index contributed by atoms with van der Waals surface area (Å²) in [5.41, 5.74) is 4.82. The van der Waals surface area contributed by atoms with Gasteiger partial charge in [-0.3, -0.25) is 4.79 Å². The van der Waals surface area contributed by atoms with Gasteiger partial charge in [-0.15, -0.1) is 0 Å². The molecule has 0 atom stereocenters. The maximum atomic E-state index is 12.8. The first-order chi connectivity index (χ1) is 10.3. The summed E-state index contributed by atoms with van der Waals surface area (Å²) in [5.74, 6) is 1.01. The first kappa shape index (κ1) is 12.9. The Morgan fingerprint density at radius 2 is 1.76 bits per heavy atom. The average molecular weight is 280 g/mol. The molecule has 2 aromatic rings. The van der Waals surface area contributed by atoms with Crippen molar-refractivity contribution < 1.29 is 9.21 Å². The van der Waals surface area contributed by atoms with Gasteiger partial charge in [0.1, 0.15) is 0 Å². The van der Waals surface area contributed by atoms with Crippen molar-refractivity contribution in [3.63, 3.8) is 0 Å². The Balaban J connectivity index is 1.76. The van der Waals surface area contributed by atoms with Crippen LogP contribution in [-0.2, 0) is 12.8 Å². The fraction of sp³-hybridized carbons (Fsp3) is 0.421. The van der Waals surface area contributed by atoms with Gasteiger partial charge in [-0.1, -0.05) is 43.5 Å². The fourth-order valence-corrected chi connectivity index (χ4v) is 3.86. The standard InChI is InChI=1S/C19H20O2/c20-18(14-7-2-1-3-8-14)19-17-15(12-21-19)11-10-13-6-4-5-9-16(13)17/h4-6,9,12,14H,1-3,7-8,10-11H2. The molecule has 0 unspecified atom stereocenters. The third-order valence-corrected chi connectivity index (χ3v) is 5.02. The summed E-state index contributed by atoms with van der Waals surface area (Å²) >= 11 is 0. The Labute approximate surface area is 125 Å². The second kappa shape index (κ2) is 5.18. The zero-order valence-corrected chi connectivity index (χ0v) is 12.2. The number of rotatable bonds is 2. The van der Waals surface area contributed by atoms with Gasteiger partial charge in [-0.05, 0) is 42.4 Å². The van der Waals surface area contributed by atoms with Crippen molar-refractivity contribution >= 4 is 5.78 Å². The maximum Gasteiger partial charge on any atom is 0.201 e. The third-order valence-electron chi connectivity index (χ3n) is 5.02. The highest BCUT2D eigenvalue weighted by atomic mass is 16.3. The van der Waals surface area contributed by atoms with Gasteiger partial charge >= 0.3 is 0 Å². The lowest BCUT2D eigenvalue weighted by Crippen LogP contribution is -2.18. The van der Waals surface area contributed by atoms with E-state index in [0.29, 0.717) is 5.76 Å². The van der Waals surface area contributed by atoms with E-state index in [1.165, 1.54) is 36.0 Å². The Kier molecular flexibility index (Phi) is 3.17.